The Morgan fingerprint density at radius 3 is 2.29 bits per heavy atom. The molecule has 0 heterocycles. The number of carbonyl (C=O) groups excluding carboxylic acids is 2. The molecule has 0 unspecified atom stereocenters. The fourth-order valence-corrected chi connectivity index (χ4v) is 1.47. The molecule has 4 heteroatoms. The van der Waals surface area contributed by atoms with Crippen LogP contribution in [0, 0.1) is 5.92 Å². The van der Waals surface area contributed by atoms with Gasteiger partial charge >= 0.3 is 6.09 Å². The lowest BCUT2D eigenvalue weighted by atomic mass is 10.2. The third-order valence-corrected chi connectivity index (χ3v) is 2.59. The Kier molecular flexibility index (Phi) is 4.54. The molecule has 1 rings (SSSR count). The molecule has 0 bridgehead atoms. The lowest BCUT2D eigenvalue weighted by Crippen LogP contribution is -2.40. The van der Waals surface area contributed by atoms with Crippen molar-refractivity contribution in [2.75, 3.05) is 13.1 Å². The van der Waals surface area contributed by atoms with Gasteiger partial charge in [-0.1, -0.05) is 6.92 Å². The maximum atomic E-state index is 11.9. The van der Waals surface area contributed by atoms with E-state index < -0.39 is 5.60 Å². The van der Waals surface area contributed by atoms with Crippen LogP contribution in [0.3, 0.4) is 0 Å². The van der Waals surface area contributed by atoms with Crippen molar-refractivity contribution in [2.24, 2.45) is 5.92 Å². The number of nitrogens with zero attached hydrogens (tertiary/aromatic N) is 1. The second-order valence-electron chi connectivity index (χ2n) is 5.70. The zero-order chi connectivity index (χ0) is 13.1. The Morgan fingerprint density at radius 1 is 1.29 bits per heavy atom. The summed E-state index contributed by atoms with van der Waals surface area (Å²) in [6.07, 6.45) is 2.40. The number of hydrogen-bond acceptors (Lipinski definition) is 3. The van der Waals surface area contributed by atoms with E-state index in [-0.39, 0.29) is 18.4 Å². The van der Waals surface area contributed by atoms with Gasteiger partial charge in [-0.05, 0) is 39.5 Å². The second-order valence-corrected chi connectivity index (χ2v) is 5.70. The van der Waals surface area contributed by atoms with E-state index in [4.69, 9.17) is 4.74 Å². The van der Waals surface area contributed by atoms with E-state index >= 15 is 0 Å². The van der Waals surface area contributed by atoms with Crippen LogP contribution in [0.25, 0.3) is 0 Å². The molecule has 0 aromatic rings. The van der Waals surface area contributed by atoms with Gasteiger partial charge in [0.25, 0.3) is 0 Å². The van der Waals surface area contributed by atoms with Crippen molar-refractivity contribution in [1.82, 2.24) is 4.90 Å². The fraction of sp³-hybridized carbons (Fsp3) is 0.846. The monoisotopic (exact) mass is 241 g/mol. The van der Waals surface area contributed by atoms with Crippen LogP contribution in [0.5, 0.6) is 0 Å². The highest BCUT2D eigenvalue weighted by Gasteiger charge is 2.30. The summed E-state index contributed by atoms with van der Waals surface area (Å²) in [5, 5.41) is 0. The first-order valence-corrected chi connectivity index (χ1v) is 6.31. The van der Waals surface area contributed by atoms with Crippen LogP contribution in [0.15, 0.2) is 0 Å². The van der Waals surface area contributed by atoms with Gasteiger partial charge in [-0.25, -0.2) is 4.79 Å². The molecule has 1 fully saturated rings. The summed E-state index contributed by atoms with van der Waals surface area (Å²) in [6.45, 7) is 8.15. The standard InChI is InChI=1S/C13H23NO3/c1-5-11(15)9-14(8-10-6-7-10)12(16)17-13(2,3)4/h10H,5-9H2,1-4H3. The van der Waals surface area contributed by atoms with Gasteiger partial charge in [-0.3, -0.25) is 4.79 Å². The van der Waals surface area contributed by atoms with Crippen LogP contribution in [0.1, 0.15) is 47.0 Å². The van der Waals surface area contributed by atoms with Gasteiger partial charge in [0.15, 0.2) is 5.78 Å². The number of Topliss-reactive ketones (excluding diaryl/α,β-unsaturated/α-hetero) is 1. The van der Waals surface area contributed by atoms with E-state index in [0.717, 1.165) is 12.8 Å². The molecule has 1 amide bonds. The first kappa shape index (κ1) is 14.0. The van der Waals surface area contributed by atoms with Gasteiger partial charge in [-0.15, -0.1) is 0 Å². The number of rotatable bonds is 5. The maximum Gasteiger partial charge on any atom is 0.410 e. The van der Waals surface area contributed by atoms with Crippen LogP contribution in [-0.4, -0.2) is 35.5 Å². The Bertz CT molecular complexity index is 290. The van der Waals surface area contributed by atoms with Crippen LogP contribution >= 0.6 is 0 Å². The van der Waals surface area contributed by atoms with E-state index in [1.54, 1.807) is 4.90 Å². The van der Waals surface area contributed by atoms with Gasteiger partial charge in [0.1, 0.15) is 5.60 Å². The summed E-state index contributed by atoms with van der Waals surface area (Å²) in [4.78, 5) is 24.9. The van der Waals surface area contributed by atoms with Crippen LogP contribution in [-0.2, 0) is 9.53 Å². The highest BCUT2D eigenvalue weighted by Crippen LogP contribution is 2.30. The summed E-state index contributed by atoms with van der Waals surface area (Å²) in [5.41, 5.74) is -0.506. The minimum absolute atomic E-state index is 0.0801. The fourth-order valence-electron chi connectivity index (χ4n) is 1.47. The second kappa shape index (κ2) is 5.52. The van der Waals surface area contributed by atoms with Crippen molar-refractivity contribution in [3.63, 3.8) is 0 Å². The van der Waals surface area contributed by atoms with Gasteiger partial charge in [0.05, 0.1) is 6.54 Å². The number of ether oxygens (including phenoxy) is 1. The molecule has 0 aromatic heterocycles. The molecule has 17 heavy (non-hydrogen) atoms. The highest BCUT2D eigenvalue weighted by atomic mass is 16.6. The number of hydrogen-bond donors (Lipinski definition) is 0. The van der Waals surface area contributed by atoms with Gasteiger partial charge < -0.3 is 9.64 Å². The van der Waals surface area contributed by atoms with Gasteiger partial charge in [0.2, 0.25) is 0 Å². The maximum absolute atomic E-state index is 11.9. The SMILES string of the molecule is CCC(=O)CN(CC1CC1)C(=O)OC(C)(C)C. The van der Waals surface area contributed by atoms with Crippen molar-refractivity contribution >= 4 is 11.9 Å². The molecule has 0 radical (unpaired) electrons. The number of ketones is 1. The normalized spacial score (nSPS) is 15.5. The zero-order valence-corrected chi connectivity index (χ0v) is 11.3. The molecule has 4 nitrogen and oxygen atoms in total. The minimum atomic E-state index is -0.506. The molecule has 0 N–H and O–H groups in total. The van der Waals surface area contributed by atoms with Crippen molar-refractivity contribution in [1.29, 1.82) is 0 Å². The van der Waals surface area contributed by atoms with Crippen LogP contribution in [0.4, 0.5) is 4.79 Å². The lowest BCUT2D eigenvalue weighted by Gasteiger charge is -2.27. The number of amides is 1. The summed E-state index contributed by atoms with van der Waals surface area (Å²) >= 11 is 0. The smallest absolute Gasteiger partial charge is 0.410 e. The van der Waals surface area contributed by atoms with Crippen molar-refractivity contribution < 1.29 is 14.3 Å². The average Bonchev–Trinajstić information content (AvgIpc) is 2.97. The summed E-state index contributed by atoms with van der Waals surface area (Å²) in [5.74, 6) is 0.642. The molecule has 0 atom stereocenters. The molecular formula is C13H23NO3. The predicted molar refractivity (Wildman–Crippen MR) is 65.8 cm³/mol. The summed E-state index contributed by atoms with van der Waals surface area (Å²) in [7, 11) is 0. The Labute approximate surface area is 103 Å². The average molecular weight is 241 g/mol. The third-order valence-electron chi connectivity index (χ3n) is 2.59. The summed E-state index contributed by atoms with van der Waals surface area (Å²) < 4.78 is 5.31. The topological polar surface area (TPSA) is 46.6 Å². The highest BCUT2D eigenvalue weighted by molar-refractivity contribution is 5.83. The van der Waals surface area contributed by atoms with Crippen molar-refractivity contribution in [3.05, 3.63) is 0 Å². The summed E-state index contributed by atoms with van der Waals surface area (Å²) in [6, 6.07) is 0. The van der Waals surface area contributed by atoms with E-state index in [1.807, 2.05) is 27.7 Å². The van der Waals surface area contributed by atoms with Crippen LogP contribution < -0.4 is 0 Å². The van der Waals surface area contributed by atoms with E-state index in [1.165, 1.54) is 0 Å². The first-order chi connectivity index (χ1) is 7.81. The Morgan fingerprint density at radius 2 is 1.88 bits per heavy atom. The van der Waals surface area contributed by atoms with Crippen LogP contribution in [0.2, 0.25) is 0 Å². The zero-order valence-electron chi connectivity index (χ0n) is 11.3. The molecular weight excluding hydrogens is 218 g/mol. The third kappa shape index (κ3) is 5.71. The largest absolute Gasteiger partial charge is 0.444 e. The quantitative estimate of drug-likeness (QED) is 0.743. The molecule has 0 aliphatic heterocycles. The van der Waals surface area contributed by atoms with Gasteiger partial charge in [-0.2, -0.15) is 0 Å². The van der Waals surface area contributed by atoms with Crippen molar-refractivity contribution in [2.45, 2.75) is 52.6 Å². The molecule has 98 valence electrons. The minimum Gasteiger partial charge on any atom is -0.444 e. The van der Waals surface area contributed by atoms with Crippen molar-refractivity contribution in [3.8, 4) is 0 Å². The van der Waals surface area contributed by atoms with Gasteiger partial charge in [0, 0.05) is 13.0 Å². The molecule has 0 aromatic carbocycles. The number of carbonyl (C=O) groups is 2. The first-order valence-electron chi connectivity index (χ1n) is 6.31. The lowest BCUT2D eigenvalue weighted by molar-refractivity contribution is -0.120. The Balaban J connectivity index is 2.54. The predicted octanol–water partition coefficient (Wildman–Crippen LogP) is 2.61. The molecule has 0 saturated heterocycles. The molecule has 1 aliphatic rings. The van der Waals surface area contributed by atoms with E-state index in [9.17, 15) is 9.59 Å². The molecule has 0 spiro atoms. The Hall–Kier alpha value is -1.06. The molecule has 1 aliphatic carbocycles. The van der Waals surface area contributed by atoms with E-state index in [0.29, 0.717) is 18.9 Å². The molecule has 1 saturated carbocycles. The van der Waals surface area contributed by atoms with E-state index in [2.05, 4.69) is 0 Å².